The van der Waals surface area contributed by atoms with Crippen LogP contribution in [0.5, 0.6) is 0 Å². The van der Waals surface area contributed by atoms with Crippen molar-refractivity contribution in [3.63, 3.8) is 0 Å². The molecular weight excluding hydrogens is 278 g/mol. The Balaban J connectivity index is 2.03. The van der Waals surface area contributed by atoms with Crippen molar-refractivity contribution in [2.45, 2.75) is 45.3 Å². The average Bonchev–Trinajstić information content (AvgIpc) is 2.48. The van der Waals surface area contributed by atoms with E-state index in [1.165, 1.54) is 0 Å². The Morgan fingerprint density at radius 3 is 2.68 bits per heavy atom. The van der Waals surface area contributed by atoms with Crippen LogP contribution in [0, 0.1) is 11.3 Å². The van der Waals surface area contributed by atoms with E-state index in [4.69, 9.17) is 10.00 Å². The summed E-state index contributed by atoms with van der Waals surface area (Å²) in [7, 11) is 0. The maximum absolute atomic E-state index is 12.5. The van der Waals surface area contributed by atoms with Gasteiger partial charge in [-0.3, -0.25) is 0 Å². The van der Waals surface area contributed by atoms with Crippen molar-refractivity contribution in [3.05, 3.63) is 29.8 Å². The van der Waals surface area contributed by atoms with Crippen molar-refractivity contribution in [2.75, 3.05) is 18.5 Å². The first-order valence-corrected chi connectivity index (χ1v) is 7.67. The molecule has 1 aromatic carbocycles. The molecule has 2 amide bonds. The quantitative estimate of drug-likeness (QED) is 0.931. The summed E-state index contributed by atoms with van der Waals surface area (Å²) in [5.74, 6) is 0. The number of rotatable bonds is 3. The highest BCUT2D eigenvalue weighted by molar-refractivity contribution is 5.89. The molecule has 0 unspecified atom stereocenters. The summed E-state index contributed by atoms with van der Waals surface area (Å²) < 4.78 is 5.72. The SMILES string of the molecule is CCN(C(=O)Nc1ccc(C#N)cc1)[C@H]1CCOC(C)(C)C1. The fourth-order valence-electron chi connectivity index (χ4n) is 2.86. The van der Waals surface area contributed by atoms with Crippen LogP contribution in [0.2, 0.25) is 0 Å². The molecule has 1 aromatic rings. The van der Waals surface area contributed by atoms with Crippen LogP contribution in [0.1, 0.15) is 39.2 Å². The number of anilines is 1. The number of hydrogen-bond acceptors (Lipinski definition) is 3. The smallest absolute Gasteiger partial charge is 0.322 e. The number of nitriles is 1. The van der Waals surface area contributed by atoms with Gasteiger partial charge in [0, 0.05) is 24.9 Å². The number of carbonyl (C=O) groups excluding carboxylic acids is 1. The van der Waals surface area contributed by atoms with E-state index in [0.717, 1.165) is 12.8 Å². The van der Waals surface area contributed by atoms with Gasteiger partial charge in [0.05, 0.1) is 17.2 Å². The zero-order valence-electron chi connectivity index (χ0n) is 13.4. The molecule has 0 spiro atoms. The number of nitrogens with one attached hydrogen (secondary N) is 1. The van der Waals surface area contributed by atoms with E-state index in [9.17, 15) is 4.79 Å². The average molecular weight is 301 g/mol. The van der Waals surface area contributed by atoms with E-state index in [1.807, 2.05) is 11.8 Å². The van der Waals surface area contributed by atoms with Crippen LogP contribution in [0.4, 0.5) is 10.5 Å². The molecule has 0 bridgehead atoms. The fourth-order valence-corrected chi connectivity index (χ4v) is 2.86. The molecule has 0 aromatic heterocycles. The number of urea groups is 1. The number of benzene rings is 1. The molecule has 1 atom stereocenters. The van der Waals surface area contributed by atoms with Gasteiger partial charge in [0.25, 0.3) is 0 Å². The van der Waals surface area contributed by atoms with Crippen LogP contribution in [0.25, 0.3) is 0 Å². The number of carbonyl (C=O) groups is 1. The van der Waals surface area contributed by atoms with Crippen LogP contribution in [-0.4, -0.2) is 35.7 Å². The zero-order chi connectivity index (χ0) is 16.2. The molecule has 1 aliphatic heterocycles. The number of hydrogen-bond donors (Lipinski definition) is 1. The summed E-state index contributed by atoms with van der Waals surface area (Å²) in [6.07, 6.45) is 1.69. The Hall–Kier alpha value is -2.06. The monoisotopic (exact) mass is 301 g/mol. The lowest BCUT2D eigenvalue weighted by Crippen LogP contribution is -2.49. The normalized spacial score (nSPS) is 20.0. The van der Waals surface area contributed by atoms with Gasteiger partial charge < -0.3 is 15.0 Å². The van der Waals surface area contributed by atoms with Crippen LogP contribution < -0.4 is 5.32 Å². The Kier molecular flexibility index (Phi) is 5.04. The van der Waals surface area contributed by atoms with Gasteiger partial charge in [0.1, 0.15) is 0 Å². The molecule has 1 saturated heterocycles. The van der Waals surface area contributed by atoms with Crippen molar-refractivity contribution in [2.24, 2.45) is 0 Å². The van der Waals surface area contributed by atoms with Gasteiger partial charge in [-0.15, -0.1) is 0 Å². The van der Waals surface area contributed by atoms with Crippen molar-refractivity contribution < 1.29 is 9.53 Å². The minimum atomic E-state index is -0.189. The third-order valence-electron chi connectivity index (χ3n) is 3.98. The topological polar surface area (TPSA) is 65.4 Å². The number of ether oxygens (including phenoxy) is 1. The Morgan fingerprint density at radius 2 is 2.14 bits per heavy atom. The first-order valence-electron chi connectivity index (χ1n) is 7.67. The van der Waals surface area contributed by atoms with Crippen molar-refractivity contribution >= 4 is 11.7 Å². The maximum Gasteiger partial charge on any atom is 0.322 e. The Morgan fingerprint density at radius 1 is 1.45 bits per heavy atom. The highest BCUT2D eigenvalue weighted by atomic mass is 16.5. The van der Waals surface area contributed by atoms with E-state index in [-0.39, 0.29) is 17.7 Å². The van der Waals surface area contributed by atoms with Crippen LogP contribution in [-0.2, 0) is 4.74 Å². The molecule has 2 rings (SSSR count). The molecule has 1 fully saturated rings. The van der Waals surface area contributed by atoms with E-state index < -0.39 is 0 Å². The zero-order valence-corrected chi connectivity index (χ0v) is 13.4. The molecule has 0 saturated carbocycles. The van der Waals surface area contributed by atoms with Crippen LogP contribution in [0.15, 0.2) is 24.3 Å². The summed E-state index contributed by atoms with van der Waals surface area (Å²) in [6.45, 7) is 7.44. The predicted octanol–water partition coefficient (Wildman–Crippen LogP) is 3.37. The van der Waals surface area contributed by atoms with E-state index >= 15 is 0 Å². The molecule has 5 heteroatoms. The minimum absolute atomic E-state index is 0.102. The van der Waals surface area contributed by atoms with Gasteiger partial charge in [-0.2, -0.15) is 5.26 Å². The molecule has 1 heterocycles. The molecular formula is C17H23N3O2. The second kappa shape index (κ2) is 6.80. The van der Waals surface area contributed by atoms with Crippen molar-refractivity contribution in [1.82, 2.24) is 4.90 Å². The molecule has 0 radical (unpaired) electrons. The predicted molar refractivity (Wildman–Crippen MR) is 85.6 cm³/mol. The van der Waals surface area contributed by atoms with Gasteiger partial charge >= 0.3 is 6.03 Å². The van der Waals surface area contributed by atoms with Gasteiger partial charge in [0.15, 0.2) is 0 Å². The summed E-state index contributed by atoms with van der Waals surface area (Å²) in [6, 6.07) is 9.04. The lowest BCUT2D eigenvalue weighted by molar-refractivity contribution is -0.0758. The highest BCUT2D eigenvalue weighted by Crippen LogP contribution is 2.27. The van der Waals surface area contributed by atoms with Crippen LogP contribution >= 0.6 is 0 Å². The lowest BCUT2D eigenvalue weighted by Gasteiger charge is -2.40. The minimum Gasteiger partial charge on any atom is -0.375 e. The molecule has 1 aliphatic rings. The number of amides is 2. The summed E-state index contributed by atoms with van der Waals surface area (Å²) in [4.78, 5) is 14.4. The first-order chi connectivity index (χ1) is 10.4. The second-order valence-corrected chi connectivity index (χ2v) is 6.16. The van der Waals surface area contributed by atoms with Gasteiger partial charge in [-0.1, -0.05) is 0 Å². The summed E-state index contributed by atoms with van der Waals surface area (Å²) >= 11 is 0. The van der Waals surface area contributed by atoms with Crippen LogP contribution in [0.3, 0.4) is 0 Å². The molecule has 22 heavy (non-hydrogen) atoms. The van der Waals surface area contributed by atoms with Gasteiger partial charge in [-0.05, 0) is 57.9 Å². The lowest BCUT2D eigenvalue weighted by atomic mass is 9.93. The molecule has 5 nitrogen and oxygen atoms in total. The molecule has 1 N–H and O–H groups in total. The maximum atomic E-state index is 12.5. The molecule has 0 aliphatic carbocycles. The third kappa shape index (κ3) is 3.99. The van der Waals surface area contributed by atoms with Crippen molar-refractivity contribution in [1.29, 1.82) is 5.26 Å². The second-order valence-electron chi connectivity index (χ2n) is 6.16. The summed E-state index contributed by atoms with van der Waals surface area (Å²) in [5, 5.41) is 11.7. The highest BCUT2D eigenvalue weighted by Gasteiger charge is 2.33. The fraction of sp³-hybridized carbons (Fsp3) is 0.529. The largest absolute Gasteiger partial charge is 0.375 e. The van der Waals surface area contributed by atoms with Gasteiger partial charge in [-0.25, -0.2) is 4.79 Å². The first kappa shape index (κ1) is 16.3. The van der Waals surface area contributed by atoms with E-state index in [0.29, 0.717) is 24.4 Å². The Bertz CT molecular complexity index is 560. The van der Waals surface area contributed by atoms with E-state index in [1.54, 1.807) is 24.3 Å². The number of nitrogens with zero attached hydrogens (tertiary/aromatic N) is 2. The standard InChI is InChI=1S/C17H23N3O2/c1-4-20(15-9-10-22-17(2,3)11-15)16(21)19-14-7-5-13(12-18)6-8-14/h5-8,15H,4,9-11H2,1-3H3,(H,19,21)/t15-/m0/s1. The summed E-state index contributed by atoms with van der Waals surface area (Å²) in [5.41, 5.74) is 1.09. The van der Waals surface area contributed by atoms with E-state index in [2.05, 4.69) is 25.2 Å². The molecule has 118 valence electrons. The van der Waals surface area contributed by atoms with Gasteiger partial charge in [0.2, 0.25) is 0 Å². The third-order valence-corrected chi connectivity index (χ3v) is 3.98. The Labute approximate surface area is 131 Å². The van der Waals surface area contributed by atoms with Crippen molar-refractivity contribution in [3.8, 4) is 6.07 Å².